The summed E-state index contributed by atoms with van der Waals surface area (Å²) in [4.78, 5) is 24.3. The maximum absolute atomic E-state index is 13.0. The van der Waals surface area contributed by atoms with E-state index in [2.05, 4.69) is 0 Å². The molecule has 0 spiro atoms. The first-order chi connectivity index (χ1) is 13.2. The molecule has 6 nitrogen and oxygen atoms in total. The number of aryl methyl sites for hydroxylation is 1. The third-order valence-electron chi connectivity index (χ3n) is 4.25. The van der Waals surface area contributed by atoms with E-state index in [9.17, 15) is 19.1 Å². The highest BCUT2D eigenvalue weighted by Gasteiger charge is 2.32. The van der Waals surface area contributed by atoms with Gasteiger partial charge in [-0.1, -0.05) is 0 Å². The molecule has 0 amide bonds. The van der Waals surface area contributed by atoms with Crippen LogP contribution in [0.15, 0.2) is 51.7 Å². The lowest BCUT2D eigenvalue weighted by molar-refractivity contribution is -0.160. The summed E-state index contributed by atoms with van der Waals surface area (Å²) in [5.74, 6) is -0.753. The van der Waals surface area contributed by atoms with Gasteiger partial charge < -0.3 is 19.0 Å². The summed E-state index contributed by atoms with van der Waals surface area (Å²) < 4.78 is 29.1. The monoisotopic (exact) mass is 386 g/mol. The number of carbonyl (C=O) groups is 1. The number of phenolic OH excluding ortho intramolecular Hbond substituents is 1. The molecule has 28 heavy (non-hydrogen) atoms. The Morgan fingerprint density at radius 1 is 1.18 bits per heavy atom. The number of phenols is 1. The van der Waals surface area contributed by atoms with Crippen molar-refractivity contribution in [2.75, 3.05) is 0 Å². The lowest BCUT2D eigenvalue weighted by atomic mass is 10.1. The Labute approximate surface area is 160 Å². The molecule has 0 atom stereocenters. The third kappa shape index (κ3) is 3.98. The zero-order chi connectivity index (χ0) is 20.5. The minimum Gasteiger partial charge on any atom is -0.508 e. The van der Waals surface area contributed by atoms with Gasteiger partial charge in [-0.15, -0.1) is 0 Å². The number of hydrogen-bond acceptors (Lipinski definition) is 6. The van der Waals surface area contributed by atoms with E-state index in [0.29, 0.717) is 22.3 Å². The number of rotatable bonds is 5. The van der Waals surface area contributed by atoms with Gasteiger partial charge in [-0.25, -0.2) is 14.0 Å². The summed E-state index contributed by atoms with van der Waals surface area (Å²) in [6.07, 6.45) is 0. The van der Waals surface area contributed by atoms with Crippen molar-refractivity contribution in [3.05, 3.63) is 69.8 Å². The van der Waals surface area contributed by atoms with Crippen LogP contribution in [0.1, 0.15) is 25.0 Å². The van der Waals surface area contributed by atoms with Gasteiger partial charge in [0.05, 0.1) is 0 Å². The van der Waals surface area contributed by atoms with Crippen LogP contribution < -0.4 is 10.4 Å². The molecule has 0 radical (unpaired) electrons. The van der Waals surface area contributed by atoms with Crippen molar-refractivity contribution in [2.24, 2.45) is 0 Å². The Hall–Kier alpha value is -3.35. The minimum absolute atomic E-state index is 0.00127. The van der Waals surface area contributed by atoms with Crippen LogP contribution >= 0.6 is 0 Å². The molecule has 0 saturated carbocycles. The fraction of sp³-hybridized carbons (Fsp3) is 0.238. The molecule has 7 heteroatoms. The molecule has 0 fully saturated rings. The van der Waals surface area contributed by atoms with Gasteiger partial charge in [-0.05, 0) is 57.2 Å². The number of esters is 1. The Balaban J connectivity index is 1.79. The van der Waals surface area contributed by atoms with Gasteiger partial charge in [0.25, 0.3) is 0 Å². The summed E-state index contributed by atoms with van der Waals surface area (Å²) in [5.41, 5.74) is -0.848. The number of halogens is 1. The Kier molecular flexibility index (Phi) is 5.09. The van der Waals surface area contributed by atoms with Gasteiger partial charge in [0.15, 0.2) is 5.60 Å². The van der Waals surface area contributed by atoms with Crippen LogP contribution in [0.25, 0.3) is 11.0 Å². The fourth-order valence-electron chi connectivity index (χ4n) is 2.69. The highest BCUT2D eigenvalue weighted by molar-refractivity contribution is 5.85. The number of ether oxygens (including phenoxy) is 2. The van der Waals surface area contributed by atoms with E-state index in [4.69, 9.17) is 13.9 Å². The Bertz CT molecular complexity index is 1080. The predicted molar refractivity (Wildman–Crippen MR) is 99.8 cm³/mol. The van der Waals surface area contributed by atoms with Crippen molar-refractivity contribution < 1.29 is 28.2 Å². The lowest BCUT2D eigenvalue weighted by Gasteiger charge is -2.24. The zero-order valence-corrected chi connectivity index (χ0v) is 15.6. The molecule has 0 unspecified atom stereocenters. The number of fused-ring (bicyclic) bond motifs is 1. The zero-order valence-electron chi connectivity index (χ0n) is 15.6. The third-order valence-corrected chi connectivity index (χ3v) is 4.25. The van der Waals surface area contributed by atoms with Crippen molar-refractivity contribution in [2.45, 2.75) is 33.0 Å². The van der Waals surface area contributed by atoms with Crippen molar-refractivity contribution >= 4 is 16.9 Å². The van der Waals surface area contributed by atoms with Crippen LogP contribution in [0, 0.1) is 12.7 Å². The van der Waals surface area contributed by atoms with Gasteiger partial charge in [0.2, 0.25) is 0 Å². The molecule has 1 heterocycles. The number of aromatic hydroxyl groups is 1. The average Bonchev–Trinajstić information content (AvgIpc) is 2.64. The first-order valence-electron chi connectivity index (χ1n) is 8.54. The van der Waals surface area contributed by atoms with Crippen LogP contribution in [-0.4, -0.2) is 16.7 Å². The van der Waals surface area contributed by atoms with Crippen molar-refractivity contribution in [1.82, 2.24) is 0 Å². The van der Waals surface area contributed by atoms with E-state index in [1.807, 2.05) is 0 Å². The van der Waals surface area contributed by atoms with E-state index in [0.717, 1.165) is 0 Å². The van der Waals surface area contributed by atoms with Crippen LogP contribution in [0.3, 0.4) is 0 Å². The van der Waals surface area contributed by atoms with E-state index in [1.54, 1.807) is 13.0 Å². The van der Waals surface area contributed by atoms with Crippen molar-refractivity contribution in [3.63, 3.8) is 0 Å². The largest absolute Gasteiger partial charge is 0.508 e. The second kappa shape index (κ2) is 7.34. The second-order valence-corrected chi connectivity index (χ2v) is 6.82. The normalized spacial score (nSPS) is 11.4. The molecule has 0 aliphatic heterocycles. The molecule has 1 aromatic heterocycles. The highest BCUT2D eigenvalue weighted by atomic mass is 19.1. The number of hydrogen-bond donors (Lipinski definition) is 1. The summed E-state index contributed by atoms with van der Waals surface area (Å²) in [6, 6.07) is 9.58. The lowest BCUT2D eigenvalue weighted by Crippen LogP contribution is -2.39. The van der Waals surface area contributed by atoms with Gasteiger partial charge in [-0.2, -0.15) is 0 Å². The molecule has 3 rings (SSSR count). The molecule has 0 aliphatic rings. The van der Waals surface area contributed by atoms with Crippen LogP contribution in [-0.2, 0) is 16.1 Å². The smallest absolute Gasteiger partial charge is 0.350 e. The SMILES string of the molecule is Cc1c(O)ccc2c(COC(=O)C(C)(C)Oc3ccc(F)cc3)cc(=O)oc12. The number of benzene rings is 2. The second-order valence-electron chi connectivity index (χ2n) is 6.82. The summed E-state index contributed by atoms with van der Waals surface area (Å²) >= 11 is 0. The van der Waals surface area contributed by atoms with Crippen LogP contribution in [0.5, 0.6) is 11.5 Å². The van der Waals surface area contributed by atoms with Gasteiger partial charge in [0.1, 0.15) is 29.5 Å². The van der Waals surface area contributed by atoms with Gasteiger partial charge >= 0.3 is 11.6 Å². The summed E-state index contributed by atoms with van der Waals surface area (Å²) in [7, 11) is 0. The molecule has 0 aliphatic carbocycles. The van der Waals surface area contributed by atoms with E-state index < -0.39 is 23.0 Å². The molecule has 2 aromatic carbocycles. The van der Waals surface area contributed by atoms with Crippen LogP contribution in [0.2, 0.25) is 0 Å². The van der Waals surface area contributed by atoms with Crippen molar-refractivity contribution in [1.29, 1.82) is 0 Å². The minimum atomic E-state index is -1.33. The molecule has 0 bridgehead atoms. The molecule has 3 aromatic rings. The Morgan fingerprint density at radius 2 is 1.86 bits per heavy atom. The van der Waals surface area contributed by atoms with E-state index >= 15 is 0 Å². The van der Waals surface area contributed by atoms with Crippen LogP contribution in [0.4, 0.5) is 4.39 Å². The first-order valence-corrected chi connectivity index (χ1v) is 8.54. The first kappa shape index (κ1) is 19.4. The average molecular weight is 386 g/mol. The van der Waals surface area contributed by atoms with Gasteiger partial charge in [0, 0.05) is 22.6 Å². The maximum Gasteiger partial charge on any atom is 0.350 e. The maximum atomic E-state index is 13.0. The molecule has 0 saturated heterocycles. The molecular weight excluding hydrogens is 367 g/mol. The van der Waals surface area contributed by atoms with Crippen molar-refractivity contribution in [3.8, 4) is 11.5 Å². The van der Waals surface area contributed by atoms with E-state index in [1.165, 1.54) is 50.2 Å². The van der Waals surface area contributed by atoms with E-state index in [-0.39, 0.29) is 17.9 Å². The Morgan fingerprint density at radius 3 is 2.54 bits per heavy atom. The predicted octanol–water partition coefficient (Wildman–Crippen LogP) is 3.85. The van der Waals surface area contributed by atoms with Gasteiger partial charge in [-0.3, -0.25) is 0 Å². The fourth-order valence-corrected chi connectivity index (χ4v) is 2.69. The number of carbonyl (C=O) groups excluding carboxylic acids is 1. The standard InChI is InChI=1S/C21H19FO6/c1-12-17(23)9-8-16-13(10-18(24)27-19(12)16)11-26-20(25)21(2,3)28-15-6-4-14(22)5-7-15/h4-10,23H,11H2,1-3H3. The topological polar surface area (TPSA) is 86.0 Å². The quantitative estimate of drug-likeness (QED) is 0.530. The molecule has 146 valence electrons. The summed E-state index contributed by atoms with van der Waals surface area (Å²) in [5, 5.41) is 10.3. The summed E-state index contributed by atoms with van der Waals surface area (Å²) in [6.45, 7) is 4.49. The highest BCUT2D eigenvalue weighted by Crippen LogP contribution is 2.28. The molecular formula is C21H19FO6. The molecule has 1 N–H and O–H groups in total.